The first-order valence-corrected chi connectivity index (χ1v) is 13.1. The van der Waals surface area contributed by atoms with Crippen molar-refractivity contribution in [3.8, 4) is 17.2 Å². The number of rotatable bonds is 11. The van der Waals surface area contributed by atoms with Gasteiger partial charge in [-0.25, -0.2) is 4.79 Å². The van der Waals surface area contributed by atoms with E-state index in [0.29, 0.717) is 37.7 Å². The van der Waals surface area contributed by atoms with Crippen LogP contribution in [-0.4, -0.2) is 57.9 Å². The summed E-state index contributed by atoms with van der Waals surface area (Å²) in [7, 11) is 3.36. The third kappa shape index (κ3) is 5.95. The Labute approximate surface area is 215 Å². The molecule has 2 aliphatic rings. The molecular formula is C29H39N3O4. The lowest BCUT2D eigenvalue weighted by Crippen LogP contribution is -2.49. The van der Waals surface area contributed by atoms with E-state index >= 15 is 0 Å². The summed E-state index contributed by atoms with van der Waals surface area (Å²) in [5.74, 6) is 2.23. The van der Waals surface area contributed by atoms with Gasteiger partial charge in [0.05, 0.1) is 27.4 Å². The number of nitrogens with zero attached hydrogens (tertiary/aromatic N) is 2. The number of nitrogens with one attached hydrogen (secondary N) is 1. The maximum absolute atomic E-state index is 13.6. The lowest BCUT2D eigenvalue weighted by Gasteiger charge is -2.36. The highest BCUT2D eigenvalue weighted by Gasteiger charge is 2.28. The Hall–Kier alpha value is -3.19. The van der Waals surface area contributed by atoms with Crippen molar-refractivity contribution in [1.82, 2.24) is 10.2 Å². The highest BCUT2D eigenvalue weighted by Crippen LogP contribution is 2.35. The quantitative estimate of drug-likeness (QED) is 0.420. The molecule has 0 saturated carbocycles. The molecule has 0 atom stereocenters. The van der Waals surface area contributed by atoms with Gasteiger partial charge in [-0.05, 0) is 43.5 Å². The predicted octanol–water partition coefficient (Wildman–Crippen LogP) is 5.48. The molecule has 1 saturated heterocycles. The van der Waals surface area contributed by atoms with Gasteiger partial charge in [0.25, 0.3) is 0 Å². The zero-order valence-electron chi connectivity index (χ0n) is 21.8. The zero-order valence-corrected chi connectivity index (χ0v) is 21.8. The molecule has 7 nitrogen and oxygen atoms in total. The molecule has 1 fully saturated rings. The molecule has 2 amide bonds. The summed E-state index contributed by atoms with van der Waals surface area (Å²) in [6.07, 6.45) is 7.35. The van der Waals surface area contributed by atoms with Gasteiger partial charge in [0.1, 0.15) is 5.75 Å². The number of hydrogen-bond donors (Lipinski definition) is 1. The van der Waals surface area contributed by atoms with Crippen LogP contribution in [0.15, 0.2) is 42.5 Å². The van der Waals surface area contributed by atoms with Gasteiger partial charge in [0.15, 0.2) is 11.5 Å². The van der Waals surface area contributed by atoms with Gasteiger partial charge >= 0.3 is 6.03 Å². The molecule has 7 heteroatoms. The number of benzene rings is 2. The average Bonchev–Trinajstić information content (AvgIpc) is 2.92. The predicted molar refractivity (Wildman–Crippen MR) is 144 cm³/mol. The second-order valence-corrected chi connectivity index (χ2v) is 9.28. The molecule has 1 N–H and O–H groups in total. The number of urea groups is 1. The van der Waals surface area contributed by atoms with Crippen LogP contribution in [-0.2, 0) is 6.54 Å². The minimum atomic E-state index is -0.00288. The van der Waals surface area contributed by atoms with Crippen LogP contribution in [0.5, 0.6) is 17.2 Å². The Morgan fingerprint density at radius 1 is 1.03 bits per heavy atom. The summed E-state index contributed by atoms with van der Waals surface area (Å²) in [6.45, 7) is 6.54. The van der Waals surface area contributed by atoms with Gasteiger partial charge in [-0.3, -0.25) is 4.90 Å². The van der Waals surface area contributed by atoms with Crippen molar-refractivity contribution >= 4 is 17.3 Å². The fraction of sp³-hybridized carbons (Fsp3) is 0.483. The second kappa shape index (κ2) is 12.7. The monoisotopic (exact) mass is 493 g/mol. The Morgan fingerprint density at radius 2 is 1.92 bits per heavy atom. The van der Waals surface area contributed by atoms with Crippen LogP contribution in [0.1, 0.15) is 50.2 Å². The summed E-state index contributed by atoms with van der Waals surface area (Å²) in [5.41, 5.74) is 4.28. The third-order valence-electron chi connectivity index (χ3n) is 6.85. The van der Waals surface area contributed by atoms with Crippen molar-refractivity contribution in [3.63, 3.8) is 0 Å². The van der Waals surface area contributed by atoms with Crippen LogP contribution in [0.3, 0.4) is 0 Å². The van der Waals surface area contributed by atoms with Crippen molar-refractivity contribution < 1.29 is 19.0 Å². The summed E-state index contributed by atoms with van der Waals surface area (Å²) in [6, 6.07) is 12.0. The van der Waals surface area contributed by atoms with E-state index in [4.69, 9.17) is 14.2 Å². The molecule has 0 aliphatic carbocycles. The van der Waals surface area contributed by atoms with E-state index in [1.165, 1.54) is 5.57 Å². The van der Waals surface area contributed by atoms with Crippen molar-refractivity contribution in [1.29, 1.82) is 0 Å². The summed E-state index contributed by atoms with van der Waals surface area (Å²) in [5, 5.41) is 3.36. The average molecular weight is 494 g/mol. The van der Waals surface area contributed by atoms with E-state index < -0.39 is 0 Å². The first-order valence-electron chi connectivity index (χ1n) is 13.1. The lowest BCUT2D eigenvalue weighted by molar-refractivity contribution is 0.191. The Balaban J connectivity index is 1.52. The number of ether oxygens (including phenoxy) is 3. The molecule has 36 heavy (non-hydrogen) atoms. The van der Waals surface area contributed by atoms with Gasteiger partial charge in [-0.1, -0.05) is 44.0 Å². The molecule has 2 aromatic rings. The number of para-hydroxylation sites is 1. The molecule has 0 spiro atoms. The van der Waals surface area contributed by atoms with E-state index in [-0.39, 0.29) is 6.03 Å². The van der Waals surface area contributed by atoms with Gasteiger partial charge in [0, 0.05) is 42.5 Å². The maximum Gasteiger partial charge on any atom is 0.324 e. The molecule has 2 heterocycles. The van der Waals surface area contributed by atoms with Gasteiger partial charge in [-0.2, -0.15) is 0 Å². The number of unbranched alkanes of at least 4 members (excludes halogenated alkanes) is 2. The first-order chi connectivity index (χ1) is 17.7. The number of carbonyl (C=O) groups excluding carboxylic acids is 1. The SMILES string of the molecule is CCCCCOc1cc(N2CCCN(Cc3cccc(C4=CCNCC4)c3OC)C2=O)ccc1OC. The molecule has 0 aromatic heterocycles. The van der Waals surface area contributed by atoms with Gasteiger partial charge < -0.3 is 24.4 Å². The Morgan fingerprint density at radius 3 is 2.67 bits per heavy atom. The minimum Gasteiger partial charge on any atom is -0.496 e. The standard InChI is InChI=1S/C29H39N3O4/c1-4-5-6-19-36-27-20-24(11-12-26(27)34-2)32-18-8-17-31(29(32)33)21-23-9-7-10-25(28(23)35-3)22-13-15-30-16-14-22/h7,9-13,20,30H,4-6,8,14-19,21H2,1-3H3. The van der Waals surface area contributed by atoms with Crippen LogP contribution in [0.2, 0.25) is 0 Å². The van der Waals surface area contributed by atoms with Crippen LogP contribution in [0.4, 0.5) is 10.5 Å². The smallest absolute Gasteiger partial charge is 0.324 e. The van der Waals surface area contributed by atoms with Crippen molar-refractivity contribution in [2.45, 2.75) is 45.6 Å². The highest BCUT2D eigenvalue weighted by molar-refractivity contribution is 5.93. The minimum absolute atomic E-state index is 0.00288. The molecule has 4 rings (SSSR count). The zero-order chi connectivity index (χ0) is 25.3. The van der Waals surface area contributed by atoms with Crippen LogP contribution >= 0.6 is 0 Å². The molecule has 2 aromatic carbocycles. The molecular weight excluding hydrogens is 454 g/mol. The van der Waals surface area contributed by atoms with Crippen LogP contribution < -0.4 is 24.4 Å². The summed E-state index contributed by atoms with van der Waals surface area (Å²) < 4.78 is 17.4. The first kappa shape index (κ1) is 25.9. The van der Waals surface area contributed by atoms with Crippen molar-refractivity contribution in [2.75, 3.05) is 51.9 Å². The van der Waals surface area contributed by atoms with Crippen molar-refractivity contribution in [2.24, 2.45) is 0 Å². The number of amides is 2. The van der Waals surface area contributed by atoms with E-state index in [2.05, 4.69) is 36.5 Å². The van der Waals surface area contributed by atoms with Gasteiger partial charge in [-0.15, -0.1) is 0 Å². The largest absolute Gasteiger partial charge is 0.496 e. The lowest BCUT2D eigenvalue weighted by atomic mass is 9.96. The molecule has 194 valence electrons. The normalized spacial score (nSPS) is 16.1. The number of methoxy groups -OCH3 is 2. The van der Waals surface area contributed by atoms with Gasteiger partial charge in [0.2, 0.25) is 0 Å². The Kier molecular flexibility index (Phi) is 9.11. The van der Waals surface area contributed by atoms with Crippen LogP contribution in [0, 0.1) is 0 Å². The fourth-order valence-corrected chi connectivity index (χ4v) is 4.92. The van der Waals surface area contributed by atoms with E-state index in [1.54, 1.807) is 14.2 Å². The van der Waals surface area contributed by atoms with E-state index in [1.807, 2.05) is 28.0 Å². The number of carbonyl (C=O) groups is 1. The topological polar surface area (TPSA) is 63.3 Å². The third-order valence-corrected chi connectivity index (χ3v) is 6.85. The number of anilines is 1. The van der Waals surface area contributed by atoms with E-state index in [9.17, 15) is 4.79 Å². The Bertz CT molecular complexity index is 1070. The fourth-order valence-electron chi connectivity index (χ4n) is 4.92. The molecule has 0 unspecified atom stereocenters. The molecule has 0 radical (unpaired) electrons. The van der Waals surface area contributed by atoms with Crippen molar-refractivity contribution in [3.05, 3.63) is 53.6 Å². The maximum atomic E-state index is 13.6. The summed E-state index contributed by atoms with van der Waals surface area (Å²) in [4.78, 5) is 17.4. The highest BCUT2D eigenvalue weighted by atomic mass is 16.5. The van der Waals surface area contributed by atoms with E-state index in [0.717, 1.165) is 67.8 Å². The molecule has 0 bridgehead atoms. The summed E-state index contributed by atoms with van der Waals surface area (Å²) >= 11 is 0. The molecule has 2 aliphatic heterocycles. The van der Waals surface area contributed by atoms with Crippen LogP contribution in [0.25, 0.3) is 5.57 Å². The second-order valence-electron chi connectivity index (χ2n) is 9.28. The number of hydrogen-bond acceptors (Lipinski definition) is 5.